The second kappa shape index (κ2) is 13.4. The van der Waals surface area contributed by atoms with E-state index >= 15 is 0 Å². The quantitative estimate of drug-likeness (QED) is 0.325. The standard InChI is InChI=1S/C19H34N4O2.HI/c1-4-16(5-2)18(23-9-12-24-13-10-23)15-22-19(20-6-3)21-14-17-8-7-11-25-17;/h7-8,11,16,18H,4-6,9-10,12-15H2,1-3H3,(H2,20,21,22);1H. The van der Waals surface area contributed by atoms with Crippen molar-refractivity contribution in [2.24, 2.45) is 10.9 Å². The summed E-state index contributed by atoms with van der Waals surface area (Å²) < 4.78 is 10.9. The summed E-state index contributed by atoms with van der Waals surface area (Å²) in [5.74, 6) is 2.41. The van der Waals surface area contributed by atoms with Crippen LogP contribution >= 0.6 is 24.0 Å². The van der Waals surface area contributed by atoms with Crippen LogP contribution in [0.15, 0.2) is 27.8 Å². The van der Waals surface area contributed by atoms with Gasteiger partial charge in [0.25, 0.3) is 0 Å². The average Bonchev–Trinajstić information content (AvgIpc) is 3.17. The maximum absolute atomic E-state index is 5.53. The molecule has 1 aliphatic rings. The van der Waals surface area contributed by atoms with Gasteiger partial charge in [0.05, 0.1) is 19.5 Å². The first-order valence-electron chi connectivity index (χ1n) is 9.64. The van der Waals surface area contributed by atoms with Gasteiger partial charge in [-0.25, -0.2) is 4.99 Å². The van der Waals surface area contributed by atoms with Crippen LogP contribution in [0.3, 0.4) is 0 Å². The van der Waals surface area contributed by atoms with Crippen LogP contribution in [0.2, 0.25) is 0 Å². The fourth-order valence-electron chi connectivity index (χ4n) is 3.44. The van der Waals surface area contributed by atoms with Gasteiger partial charge in [-0.3, -0.25) is 4.90 Å². The van der Waals surface area contributed by atoms with E-state index in [1.54, 1.807) is 6.26 Å². The van der Waals surface area contributed by atoms with Crippen molar-refractivity contribution in [1.82, 2.24) is 15.5 Å². The molecule has 150 valence electrons. The van der Waals surface area contributed by atoms with Crippen molar-refractivity contribution in [3.63, 3.8) is 0 Å². The van der Waals surface area contributed by atoms with E-state index in [4.69, 9.17) is 9.15 Å². The topological polar surface area (TPSA) is 62.0 Å². The number of guanidine groups is 1. The minimum absolute atomic E-state index is 0. The fourth-order valence-corrected chi connectivity index (χ4v) is 3.44. The van der Waals surface area contributed by atoms with E-state index in [9.17, 15) is 0 Å². The third kappa shape index (κ3) is 7.44. The molecular formula is C19H35IN4O2. The highest BCUT2D eigenvalue weighted by Gasteiger charge is 2.26. The van der Waals surface area contributed by atoms with Gasteiger partial charge in [-0.1, -0.05) is 26.7 Å². The van der Waals surface area contributed by atoms with Crippen molar-refractivity contribution in [2.75, 3.05) is 39.4 Å². The Labute approximate surface area is 175 Å². The summed E-state index contributed by atoms with van der Waals surface area (Å²) in [6.45, 7) is 12.7. The van der Waals surface area contributed by atoms with Crippen LogP contribution in [0.1, 0.15) is 39.4 Å². The molecule has 1 aliphatic heterocycles. The summed E-state index contributed by atoms with van der Waals surface area (Å²) in [5, 5.41) is 6.88. The van der Waals surface area contributed by atoms with E-state index < -0.39 is 0 Å². The summed E-state index contributed by atoms with van der Waals surface area (Å²) in [4.78, 5) is 7.22. The Hall–Kier alpha value is -0.800. The van der Waals surface area contributed by atoms with Crippen molar-refractivity contribution in [3.05, 3.63) is 24.2 Å². The van der Waals surface area contributed by atoms with Crippen LogP contribution in [0, 0.1) is 5.92 Å². The fraction of sp³-hybridized carbons (Fsp3) is 0.737. The predicted molar refractivity (Wildman–Crippen MR) is 117 cm³/mol. The Morgan fingerprint density at radius 1 is 1.19 bits per heavy atom. The molecule has 1 aromatic rings. The molecule has 1 fully saturated rings. The summed E-state index contributed by atoms with van der Waals surface area (Å²) in [6, 6.07) is 4.35. The molecule has 2 heterocycles. The number of nitrogens with zero attached hydrogens (tertiary/aromatic N) is 2. The van der Waals surface area contributed by atoms with Crippen molar-refractivity contribution < 1.29 is 9.15 Å². The number of hydrogen-bond acceptors (Lipinski definition) is 4. The third-order valence-corrected chi connectivity index (χ3v) is 4.90. The molecule has 0 spiro atoms. The third-order valence-electron chi connectivity index (χ3n) is 4.90. The normalized spacial score (nSPS) is 17.0. The lowest BCUT2D eigenvalue weighted by Gasteiger charge is -2.39. The maximum atomic E-state index is 5.53. The first kappa shape index (κ1) is 23.2. The van der Waals surface area contributed by atoms with Crippen molar-refractivity contribution in [2.45, 2.75) is 46.2 Å². The second-order valence-corrected chi connectivity index (χ2v) is 6.45. The zero-order chi connectivity index (χ0) is 17.9. The number of nitrogens with one attached hydrogen (secondary N) is 2. The van der Waals surface area contributed by atoms with E-state index in [1.165, 1.54) is 12.8 Å². The Morgan fingerprint density at radius 3 is 2.50 bits per heavy atom. The number of rotatable bonds is 9. The largest absolute Gasteiger partial charge is 0.467 e. The van der Waals surface area contributed by atoms with Crippen LogP contribution < -0.4 is 10.6 Å². The number of halogens is 1. The van der Waals surface area contributed by atoms with Crippen LogP contribution in [0.25, 0.3) is 0 Å². The molecule has 1 saturated heterocycles. The first-order valence-corrected chi connectivity index (χ1v) is 9.64. The Bertz CT molecular complexity index is 486. The average molecular weight is 478 g/mol. The van der Waals surface area contributed by atoms with E-state index in [2.05, 4.69) is 41.3 Å². The minimum atomic E-state index is 0. The molecule has 0 aliphatic carbocycles. The molecule has 2 N–H and O–H groups in total. The van der Waals surface area contributed by atoms with Crippen molar-refractivity contribution in [3.8, 4) is 0 Å². The molecule has 1 aromatic heterocycles. The molecule has 0 radical (unpaired) electrons. The first-order chi connectivity index (χ1) is 12.3. The predicted octanol–water partition coefficient (Wildman–Crippen LogP) is 3.09. The number of aliphatic imine (C=N–C) groups is 1. The maximum Gasteiger partial charge on any atom is 0.191 e. The van der Waals surface area contributed by atoms with Gasteiger partial charge in [0.2, 0.25) is 0 Å². The zero-order valence-corrected chi connectivity index (χ0v) is 18.7. The SMILES string of the molecule is CCNC(=NCc1ccco1)NCC(C(CC)CC)N1CCOCC1.I. The lowest BCUT2D eigenvalue weighted by molar-refractivity contribution is 0.00272. The van der Waals surface area contributed by atoms with Gasteiger partial charge in [0.15, 0.2) is 5.96 Å². The van der Waals surface area contributed by atoms with Gasteiger partial charge in [-0.05, 0) is 25.0 Å². The zero-order valence-electron chi connectivity index (χ0n) is 16.4. The van der Waals surface area contributed by atoms with Crippen molar-refractivity contribution in [1.29, 1.82) is 0 Å². The summed E-state index contributed by atoms with van der Waals surface area (Å²) in [7, 11) is 0. The lowest BCUT2D eigenvalue weighted by Crippen LogP contribution is -2.53. The van der Waals surface area contributed by atoms with Crippen LogP contribution in [-0.4, -0.2) is 56.3 Å². The highest BCUT2D eigenvalue weighted by atomic mass is 127. The number of morpholine rings is 1. The monoisotopic (exact) mass is 478 g/mol. The number of ether oxygens (including phenoxy) is 1. The van der Waals surface area contributed by atoms with Crippen molar-refractivity contribution >= 4 is 29.9 Å². The van der Waals surface area contributed by atoms with Crippen LogP contribution in [0.4, 0.5) is 0 Å². The summed E-state index contributed by atoms with van der Waals surface area (Å²) in [5.41, 5.74) is 0. The van der Waals surface area contributed by atoms with E-state index in [1.807, 2.05) is 12.1 Å². The van der Waals surface area contributed by atoms with E-state index in [0.717, 1.165) is 51.1 Å². The highest BCUT2D eigenvalue weighted by molar-refractivity contribution is 14.0. The van der Waals surface area contributed by atoms with E-state index in [0.29, 0.717) is 18.5 Å². The molecule has 2 rings (SSSR count). The Balaban J connectivity index is 0.00000338. The molecule has 0 saturated carbocycles. The smallest absolute Gasteiger partial charge is 0.191 e. The summed E-state index contributed by atoms with van der Waals surface area (Å²) in [6.07, 6.45) is 4.08. The second-order valence-electron chi connectivity index (χ2n) is 6.45. The van der Waals surface area contributed by atoms with Gasteiger partial charge in [-0.2, -0.15) is 0 Å². The molecule has 0 amide bonds. The van der Waals surface area contributed by atoms with Gasteiger partial charge < -0.3 is 19.8 Å². The molecule has 6 nitrogen and oxygen atoms in total. The minimum Gasteiger partial charge on any atom is -0.467 e. The molecule has 0 aromatic carbocycles. The molecular weight excluding hydrogens is 443 g/mol. The highest BCUT2D eigenvalue weighted by Crippen LogP contribution is 2.19. The Morgan fingerprint density at radius 2 is 1.92 bits per heavy atom. The molecule has 7 heteroatoms. The van der Waals surface area contributed by atoms with Gasteiger partial charge >= 0.3 is 0 Å². The van der Waals surface area contributed by atoms with Gasteiger partial charge in [0.1, 0.15) is 12.3 Å². The van der Waals surface area contributed by atoms with Gasteiger partial charge in [-0.15, -0.1) is 24.0 Å². The van der Waals surface area contributed by atoms with Gasteiger partial charge in [0, 0.05) is 32.2 Å². The Kier molecular flexibility index (Phi) is 12.0. The molecule has 26 heavy (non-hydrogen) atoms. The lowest BCUT2D eigenvalue weighted by atomic mass is 9.92. The molecule has 1 unspecified atom stereocenters. The summed E-state index contributed by atoms with van der Waals surface area (Å²) >= 11 is 0. The number of hydrogen-bond donors (Lipinski definition) is 2. The molecule has 0 bridgehead atoms. The van der Waals surface area contributed by atoms with Crippen LogP contribution in [-0.2, 0) is 11.3 Å². The van der Waals surface area contributed by atoms with E-state index in [-0.39, 0.29) is 24.0 Å². The van der Waals surface area contributed by atoms with Crippen LogP contribution in [0.5, 0.6) is 0 Å². The molecule has 1 atom stereocenters. The number of furan rings is 1.